The zero-order valence-corrected chi connectivity index (χ0v) is 33.4. The number of piperidine rings is 1. The largest absolute Gasteiger partial charge is 0.457 e. The highest BCUT2D eigenvalue weighted by molar-refractivity contribution is 6.35. The number of para-hydroxylation sites is 1. The number of anilines is 1. The van der Waals surface area contributed by atoms with Gasteiger partial charge in [0.15, 0.2) is 5.78 Å². The molecule has 298 valence electrons. The molecule has 0 spiro atoms. The van der Waals surface area contributed by atoms with Gasteiger partial charge in [-0.15, -0.1) is 0 Å². The minimum atomic E-state index is -0.549. The average molecular weight is 799 g/mol. The fourth-order valence-electron chi connectivity index (χ4n) is 8.26. The van der Waals surface area contributed by atoms with Crippen LogP contribution in [0.15, 0.2) is 97.7 Å². The first-order valence-electron chi connectivity index (χ1n) is 20.0. The van der Waals surface area contributed by atoms with Crippen LogP contribution in [0.1, 0.15) is 89.0 Å². The molecule has 0 saturated carbocycles. The molecular weight excluding hydrogens is 752 g/mol. The number of nitrogens with one attached hydrogen (secondary N) is 3. The number of nitrogens with zero attached hydrogens (tertiary/aromatic N) is 5. The molecule has 8 rings (SSSR count). The molecule has 6 heterocycles. The van der Waals surface area contributed by atoms with E-state index in [-0.39, 0.29) is 34.8 Å². The molecule has 58 heavy (non-hydrogen) atoms. The maximum Gasteiger partial charge on any atom is 0.249 e. The van der Waals surface area contributed by atoms with Gasteiger partial charge in [0, 0.05) is 43.3 Å². The third-order valence-electron chi connectivity index (χ3n) is 11.2. The van der Waals surface area contributed by atoms with Gasteiger partial charge in [-0.25, -0.2) is 9.97 Å². The van der Waals surface area contributed by atoms with E-state index in [2.05, 4.69) is 56.5 Å². The van der Waals surface area contributed by atoms with Crippen LogP contribution in [0.3, 0.4) is 0 Å². The number of carbonyl (C=O) groups is 2. The Hall–Kier alpha value is -5.69. The number of halogens is 1. The van der Waals surface area contributed by atoms with Crippen molar-refractivity contribution in [1.29, 1.82) is 0 Å². The predicted octanol–water partition coefficient (Wildman–Crippen LogP) is 8.48. The number of hydrogen-bond donors (Lipinski definition) is 3. The minimum Gasteiger partial charge on any atom is -0.457 e. The van der Waals surface area contributed by atoms with Crippen molar-refractivity contribution in [1.82, 2.24) is 35.1 Å². The molecule has 1 amide bonds. The fourth-order valence-corrected chi connectivity index (χ4v) is 8.52. The lowest BCUT2D eigenvalue weighted by Crippen LogP contribution is -2.44. The molecular formula is C45H47ClN8O4. The quantitative estimate of drug-likeness (QED) is 0.0768. The van der Waals surface area contributed by atoms with E-state index in [0.29, 0.717) is 65.5 Å². The van der Waals surface area contributed by atoms with Crippen LogP contribution >= 0.6 is 11.6 Å². The van der Waals surface area contributed by atoms with E-state index in [1.54, 1.807) is 24.4 Å². The number of carbonyl (C=O) groups excluding carboxylic acids is 2. The molecule has 4 atom stereocenters. The van der Waals surface area contributed by atoms with Crippen LogP contribution in [0.25, 0.3) is 11.0 Å². The van der Waals surface area contributed by atoms with Gasteiger partial charge in [-0.1, -0.05) is 41.9 Å². The van der Waals surface area contributed by atoms with Crippen LogP contribution in [0.2, 0.25) is 5.02 Å². The van der Waals surface area contributed by atoms with Crippen LogP contribution in [0, 0.1) is 13.8 Å². The van der Waals surface area contributed by atoms with Gasteiger partial charge in [0.1, 0.15) is 35.4 Å². The molecule has 0 aliphatic carbocycles. The lowest BCUT2D eigenvalue weighted by molar-refractivity contribution is -0.135. The fraction of sp³-hybridized carbons (Fsp3) is 0.333. The molecule has 2 aliphatic rings. The van der Waals surface area contributed by atoms with E-state index < -0.39 is 6.10 Å². The van der Waals surface area contributed by atoms with Crippen molar-refractivity contribution in [2.45, 2.75) is 76.6 Å². The normalized spacial score (nSPS) is 19.8. The van der Waals surface area contributed by atoms with E-state index >= 15 is 0 Å². The molecule has 0 bridgehead atoms. The maximum atomic E-state index is 13.9. The van der Waals surface area contributed by atoms with Crippen molar-refractivity contribution in [3.05, 3.63) is 136 Å². The van der Waals surface area contributed by atoms with E-state index in [1.807, 2.05) is 54.9 Å². The summed E-state index contributed by atoms with van der Waals surface area (Å²) < 4.78 is 12.0. The summed E-state index contributed by atoms with van der Waals surface area (Å²) in [5.41, 5.74) is 5.86. The van der Waals surface area contributed by atoms with Crippen molar-refractivity contribution >= 4 is 40.1 Å². The number of benzene rings is 2. The predicted molar refractivity (Wildman–Crippen MR) is 223 cm³/mol. The van der Waals surface area contributed by atoms with Crippen LogP contribution in [0.5, 0.6) is 11.5 Å². The van der Waals surface area contributed by atoms with Crippen molar-refractivity contribution < 1.29 is 19.1 Å². The number of rotatable bonds is 13. The zero-order valence-electron chi connectivity index (χ0n) is 32.7. The Bertz CT molecular complexity index is 2330. The van der Waals surface area contributed by atoms with Crippen LogP contribution < -0.4 is 15.4 Å². The number of amides is 1. The SMILES string of the molecule is Cc1cccnc1[C@H]1CCC[C@@H](c2ncccc2C)N1CCCNC(=O)[C@@H]1CC[C@@H](Nc2ncnc3[nH]cc(C(=O)c4ccc(Oc5ccccc5)cc4Cl)c23)CO1. The first kappa shape index (κ1) is 39.2. The molecule has 13 heteroatoms. The first-order chi connectivity index (χ1) is 28.3. The van der Waals surface area contributed by atoms with Gasteiger partial charge in [-0.05, 0) is 99.9 Å². The van der Waals surface area contributed by atoms with Crippen LogP contribution in [-0.4, -0.2) is 73.4 Å². The molecule has 2 aliphatic heterocycles. The second-order valence-corrected chi connectivity index (χ2v) is 15.4. The molecule has 0 unspecified atom stereocenters. The Morgan fingerprint density at radius 3 is 2.28 bits per heavy atom. The molecule has 3 N–H and O–H groups in total. The summed E-state index contributed by atoms with van der Waals surface area (Å²) in [5.74, 6) is 1.31. The monoisotopic (exact) mass is 798 g/mol. The van der Waals surface area contributed by atoms with Crippen molar-refractivity contribution in [3.63, 3.8) is 0 Å². The third-order valence-corrected chi connectivity index (χ3v) is 11.5. The van der Waals surface area contributed by atoms with Gasteiger partial charge in [0.2, 0.25) is 5.91 Å². The Labute approximate surface area is 342 Å². The number of ketones is 1. The topological polar surface area (TPSA) is 147 Å². The highest BCUT2D eigenvalue weighted by atomic mass is 35.5. The van der Waals surface area contributed by atoms with Gasteiger partial charge >= 0.3 is 0 Å². The summed E-state index contributed by atoms with van der Waals surface area (Å²) in [6.07, 6.45) is 11.5. The second kappa shape index (κ2) is 17.8. The Kier molecular flexibility index (Phi) is 12.0. The van der Waals surface area contributed by atoms with Crippen LogP contribution in [0.4, 0.5) is 5.82 Å². The summed E-state index contributed by atoms with van der Waals surface area (Å²) in [6, 6.07) is 22.9. The number of hydrogen-bond acceptors (Lipinski definition) is 10. The minimum absolute atomic E-state index is 0.105. The van der Waals surface area contributed by atoms with E-state index in [4.69, 9.17) is 31.0 Å². The third kappa shape index (κ3) is 8.59. The Morgan fingerprint density at radius 2 is 1.60 bits per heavy atom. The number of aryl methyl sites for hydroxylation is 2. The van der Waals surface area contributed by atoms with Gasteiger partial charge in [-0.2, -0.15) is 0 Å². The molecule has 6 aromatic rings. The highest BCUT2D eigenvalue weighted by Crippen LogP contribution is 2.42. The second-order valence-electron chi connectivity index (χ2n) is 15.0. The number of aromatic amines is 1. The van der Waals surface area contributed by atoms with Crippen molar-refractivity contribution in [2.24, 2.45) is 0 Å². The summed E-state index contributed by atoms with van der Waals surface area (Å²) in [7, 11) is 0. The van der Waals surface area contributed by atoms with Crippen molar-refractivity contribution in [3.8, 4) is 11.5 Å². The highest BCUT2D eigenvalue weighted by Gasteiger charge is 2.35. The number of likely N-dealkylation sites (tertiary alicyclic amines) is 1. The lowest BCUT2D eigenvalue weighted by atomic mass is 9.88. The molecule has 2 aromatic carbocycles. The van der Waals surface area contributed by atoms with E-state index in [0.717, 1.165) is 43.6 Å². The number of aromatic nitrogens is 5. The molecule has 4 aromatic heterocycles. The van der Waals surface area contributed by atoms with Crippen molar-refractivity contribution in [2.75, 3.05) is 25.0 Å². The summed E-state index contributed by atoms with van der Waals surface area (Å²) >= 11 is 6.62. The van der Waals surface area contributed by atoms with E-state index in [1.165, 1.54) is 17.5 Å². The number of fused-ring (bicyclic) bond motifs is 1. The smallest absolute Gasteiger partial charge is 0.249 e. The maximum absolute atomic E-state index is 13.9. The van der Waals surface area contributed by atoms with Gasteiger partial charge in [0.25, 0.3) is 0 Å². The van der Waals surface area contributed by atoms with E-state index in [9.17, 15) is 9.59 Å². The Balaban J connectivity index is 0.867. The summed E-state index contributed by atoms with van der Waals surface area (Å²) in [5, 5.41) is 7.42. The zero-order chi connectivity index (χ0) is 40.0. The number of ether oxygens (including phenoxy) is 2. The molecule has 0 radical (unpaired) electrons. The van der Waals surface area contributed by atoms with Gasteiger partial charge in [0.05, 0.1) is 52.1 Å². The standard InChI is InChI=1S/C45H47ClN8O4/c1-28-10-7-20-47-40(28)36-14-6-15-37(41-29(2)11-8-21-48-41)54(36)23-9-22-49-45(56)38-19-16-30(26-57-38)53-44-39-34(25-50-43(39)51-27-52-44)42(55)33-18-17-32(24-35(33)46)58-31-12-4-3-5-13-31/h3-5,7-8,10-13,17-18,20-21,24-25,27,30,36-38H,6,9,14-16,19,22-23,26H2,1-2H3,(H,49,56)(H2,50,51,52,53)/t30-,36-,37+,38+/m1/s1. The average Bonchev–Trinajstić information content (AvgIpc) is 3.69. The molecule has 12 nitrogen and oxygen atoms in total. The van der Waals surface area contributed by atoms with Crippen LogP contribution in [-0.2, 0) is 9.53 Å². The number of H-pyrrole nitrogens is 1. The van der Waals surface area contributed by atoms with Gasteiger partial charge < -0.3 is 25.1 Å². The Morgan fingerprint density at radius 1 is 0.862 bits per heavy atom. The summed E-state index contributed by atoms with van der Waals surface area (Å²) in [6.45, 7) is 5.91. The summed E-state index contributed by atoms with van der Waals surface area (Å²) in [4.78, 5) is 51.3. The molecule has 2 fully saturated rings. The number of pyridine rings is 2. The lowest BCUT2D eigenvalue weighted by Gasteiger charge is -2.42. The molecule has 2 saturated heterocycles. The van der Waals surface area contributed by atoms with Gasteiger partial charge in [-0.3, -0.25) is 24.5 Å². The first-order valence-corrected chi connectivity index (χ1v) is 20.4.